The van der Waals surface area contributed by atoms with Crippen LogP contribution in [0.25, 0.3) is 0 Å². The van der Waals surface area contributed by atoms with Gasteiger partial charge >= 0.3 is 0 Å². The third kappa shape index (κ3) is 2.66. The Bertz CT molecular complexity index is 521. The maximum Gasteiger partial charge on any atom is 0.252 e. The van der Waals surface area contributed by atoms with Crippen LogP contribution in [-0.2, 0) is 6.54 Å². The standard InChI is InChI=1S/C11H12N4O/c1-8-14-10(6-11(16)15-8)13-7-9-4-2-3-5-12-9/h2-6H,7H2,1H3,(H2,13,14,15,16). The van der Waals surface area contributed by atoms with Crippen LogP contribution in [0.5, 0.6) is 0 Å². The van der Waals surface area contributed by atoms with Gasteiger partial charge in [-0.15, -0.1) is 0 Å². The maximum atomic E-state index is 11.2. The molecule has 16 heavy (non-hydrogen) atoms. The van der Waals surface area contributed by atoms with Crippen molar-refractivity contribution in [2.45, 2.75) is 13.5 Å². The van der Waals surface area contributed by atoms with Gasteiger partial charge in [0.2, 0.25) is 0 Å². The van der Waals surface area contributed by atoms with E-state index in [1.165, 1.54) is 6.07 Å². The lowest BCUT2D eigenvalue weighted by Gasteiger charge is -2.04. The second-order valence-electron chi connectivity index (χ2n) is 3.39. The lowest BCUT2D eigenvalue weighted by Crippen LogP contribution is -2.12. The average molecular weight is 216 g/mol. The first kappa shape index (κ1) is 10.4. The molecule has 0 amide bonds. The van der Waals surface area contributed by atoms with Crippen LogP contribution in [-0.4, -0.2) is 15.0 Å². The zero-order valence-corrected chi connectivity index (χ0v) is 8.90. The normalized spacial score (nSPS) is 10.1. The number of nitrogens with one attached hydrogen (secondary N) is 2. The molecule has 0 unspecified atom stereocenters. The predicted molar refractivity (Wildman–Crippen MR) is 61.2 cm³/mol. The molecule has 0 spiro atoms. The monoisotopic (exact) mass is 216 g/mol. The van der Waals surface area contributed by atoms with Crippen LogP contribution >= 0.6 is 0 Å². The molecule has 5 nitrogen and oxygen atoms in total. The number of nitrogens with zero attached hydrogens (tertiary/aromatic N) is 2. The highest BCUT2D eigenvalue weighted by Gasteiger charge is 1.98. The molecule has 2 rings (SSSR count). The van der Waals surface area contributed by atoms with Crippen LogP contribution in [0.3, 0.4) is 0 Å². The number of H-pyrrole nitrogens is 1. The van der Waals surface area contributed by atoms with Gasteiger partial charge in [0.1, 0.15) is 11.6 Å². The van der Waals surface area contributed by atoms with E-state index >= 15 is 0 Å². The van der Waals surface area contributed by atoms with Gasteiger partial charge in [0.15, 0.2) is 0 Å². The van der Waals surface area contributed by atoms with E-state index in [9.17, 15) is 4.79 Å². The number of anilines is 1. The summed E-state index contributed by atoms with van der Waals surface area (Å²) < 4.78 is 0. The summed E-state index contributed by atoms with van der Waals surface area (Å²) in [6.07, 6.45) is 1.73. The van der Waals surface area contributed by atoms with Crippen LogP contribution in [0.1, 0.15) is 11.5 Å². The fraction of sp³-hybridized carbons (Fsp3) is 0.182. The van der Waals surface area contributed by atoms with E-state index in [-0.39, 0.29) is 5.56 Å². The van der Waals surface area contributed by atoms with Crippen LogP contribution in [0.15, 0.2) is 35.3 Å². The minimum atomic E-state index is -0.156. The number of hydrogen-bond donors (Lipinski definition) is 2. The van der Waals surface area contributed by atoms with Crippen LogP contribution < -0.4 is 10.9 Å². The fourth-order valence-electron chi connectivity index (χ4n) is 1.35. The Kier molecular flexibility index (Phi) is 2.95. The molecule has 0 aliphatic heterocycles. The molecular formula is C11H12N4O. The molecule has 0 fully saturated rings. The minimum absolute atomic E-state index is 0.156. The van der Waals surface area contributed by atoms with E-state index in [4.69, 9.17) is 0 Å². The van der Waals surface area contributed by atoms with Gasteiger partial charge in [0.05, 0.1) is 12.2 Å². The Balaban J connectivity index is 2.08. The second-order valence-corrected chi connectivity index (χ2v) is 3.39. The van der Waals surface area contributed by atoms with E-state index in [0.717, 1.165) is 5.69 Å². The first-order chi connectivity index (χ1) is 7.74. The molecule has 0 aromatic carbocycles. The SMILES string of the molecule is Cc1nc(NCc2ccccn2)cc(=O)[nH]1. The van der Waals surface area contributed by atoms with Crippen molar-refractivity contribution in [1.82, 2.24) is 15.0 Å². The van der Waals surface area contributed by atoms with Gasteiger partial charge < -0.3 is 10.3 Å². The van der Waals surface area contributed by atoms with Crippen molar-refractivity contribution < 1.29 is 0 Å². The zero-order valence-electron chi connectivity index (χ0n) is 8.90. The number of pyridine rings is 1. The second kappa shape index (κ2) is 4.57. The molecule has 2 aromatic rings. The van der Waals surface area contributed by atoms with Gasteiger partial charge in [0, 0.05) is 12.3 Å². The molecule has 0 saturated carbocycles. The smallest absolute Gasteiger partial charge is 0.252 e. The summed E-state index contributed by atoms with van der Waals surface area (Å²) in [5.41, 5.74) is 0.748. The van der Waals surface area contributed by atoms with E-state index in [2.05, 4.69) is 20.3 Å². The van der Waals surface area contributed by atoms with Gasteiger partial charge in [-0.2, -0.15) is 0 Å². The summed E-state index contributed by atoms with van der Waals surface area (Å²) in [7, 11) is 0. The average Bonchev–Trinajstić information content (AvgIpc) is 2.27. The van der Waals surface area contributed by atoms with E-state index in [1.807, 2.05) is 18.2 Å². The van der Waals surface area contributed by atoms with Gasteiger partial charge in [-0.05, 0) is 19.1 Å². The summed E-state index contributed by atoms with van der Waals surface area (Å²) in [6, 6.07) is 7.11. The van der Waals surface area contributed by atoms with Crippen molar-refractivity contribution >= 4 is 5.82 Å². The van der Waals surface area contributed by atoms with Crippen molar-refractivity contribution in [3.8, 4) is 0 Å². The van der Waals surface area contributed by atoms with E-state index < -0.39 is 0 Å². The molecule has 2 heterocycles. The van der Waals surface area contributed by atoms with Crippen molar-refractivity contribution in [3.63, 3.8) is 0 Å². The van der Waals surface area contributed by atoms with Crippen molar-refractivity contribution in [2.24, 2.45) is 0 Å². The van der Waals surface area contributed by atoms with Crippen molar-refractivity contribution in [1.29, 1.82) is 0 Å². The van der Waals surface area contributed by atoms with Gasteiger partial charge in [-0.3, -0.25) is 9.78 Å². The lowest BCUT2D eigenvalue weighted by molar-refractivity contribution is 0.978. The van der Waals surface area contributed by atoms with Crippen LogP contribution in [0.2, 0.25) is 0 Å². The van der Waals surface area contributed by atoms with E-state index in [1.54, 1.807) is 13.1 Å². The molecule has 2 N–H and O–H groups in total. The Morgan fingerprint density at radius 1 is 1.44 bits per heavy atom. The maximum absolute atomic E-state index is 11.2. The topological polar surface area (TPSA) is 70.7 Å². The summed E-state index contributed by atoms with van der Waals surface area (Å²) in [4.78, 5) is 22.1. The molecule has 0 saturated heterocycles. The van der Waals surface area contributed by atoms with Crippen LogP contribution in [0.4, 0.5) is 5.82 Å². The third-order valence-electron chi connectivity index (χ3n) is 2.04. The molecular weight excluding hydrogens is 204 g/mol. The van der Waals surface area contributed by atoms with Crippen molar-refractivity contribution in [2.75, 3.05) is 5.32 Å². The Labute approximate surface area is 92.6 Å². The fourth-order valence-corrected chi connectivity index (χ4v) is 1.35. The molecule has 0 aliphatic rings. The molecule has 5 heteroatoms. The summed E-state index contributed by atoms with van der Waals surface area (Å²) in [6.45, 7) is 2.30. The molecule has 0 aliphatic carbocycles. The summed E-state index contributed by atoms with van der Waals surface area (Å²) >= 11 is 0. The summed E-state index contributed by atoms with van der Waals surface area (Å²) in [5, 5.41) is 3.05. The largest absolute Gasteiger partial charge is 0.364 e. The number of aromatic amines is 1. The number of rotatable bonds is 3. The van der Waals surface area contributed by atoms with Gasteiger partial charge in [0.25, 0.3) is 5.56 Å². The number of hydrogen-bond acceptors (Lipinski definition) is 4. The Hall–Kier alpha value is -2.17. The lowest BCUT2D eigenvalue weighted by atomic mass is 10.3. The van der Waals surface area contributed by atoms with Gasteiger partial charge in [-0.1, -0.05) is 6.07 Å². The minimum Gasteiger partial charge on any atom is -0.364 e. The first-order valence-corrected chi connectivity index (χ1v) is 4.96. The summed E-state index contributed by atoms with van der Waals surface area (Å²) in [5.74, 6) is 1.16. The highest BCUT2D eigenvalue weighted by atomic mass is 16.1. The molecule has 2 aromatic heterocycles. The first-order valence-electron chi connectivity index (χ1n) is 4.96. The van der Waals surface area contributed by atoms with Crippen LogP contribution in [0, 0.1) is 6.92 Å². The predicted octanol–water partition coefficient (Wildman–Crippen LogP) is 1.09. The van der Waals surface area contributed by atoms with Gasteiger partial charge in [-0.25, -0.2) is 4.98 Å². The molecule has 82 valence electrons. The number of aryl methyl sites for hydroxylation is 1. The highest BCUT2D eigenvalue weighted by molar-refractivity contribution is 5.33. The molecule has 0 atom stereocenters. The third-order valence-corrected chi connectivity index (χ3v) is 2.04. The Morgan fingerprint density at radius 2 is 2.31 bits per heavy atom. The highest BCUT2D eigenvalue weighted by Crippen LogP contribution is 2.01. The van der Waals surface area contributed by atoms with E-state index in [0.29, 0.717) is 18.2 Å². The van der Waals surface area contributed by atoms with Crippen molar-refractivity contribution in [3.05, 3.63) is 52.3 Å². The molecule has 0 radical (unpaired) electrons. The number of aromatic nitrogens is 3. The molecule has 0 bridgehead atoms. The quantitative estimate of drug-likeness (QED) is 0.805. The Morgan fingerprint density at radius 3 is 3.00 bits per heavy atom. The zero-order chi connectivity index (χ0) is 11.4.